The van der Waals surface area contributed by atoms with Crippen LogP contribution in [0.1, 0.15) is 11.1 Å². The second-order valence-electron chi connectivity index (χ2n) is 8.38. The third kappa shape index (κ3) is 4.19. The number of aromatic nitrogens is 1. The number of anilines is 1. The van der Waals surface area contributed by atoms with Gasteiger partial charge in [-0.3, -0.25) is 4.90 Å². The molecule has 1 saturated carbocycles. The molecule has 2 heterocycles. The smallest absolute Gasteiger partial charge is 0.124 e. The Morgan fingerprint density at radius 3 is 2.34 bits per heavy atom. The molecular formula is C25H28N4. The minimum atomic E-state index is 0.563. The molecule has 3 N–H and O–H groups in total. The molecule has 0 spiro atoms. The Morgan fingerprint density at radius 1 is 0.862 bits per heavy atom. The molecule has 5 rings (SSSR count). The molecular weight excluding hydrogens is 356 g/mol. The van der Waals surface area contributed by atoms with E-state index in [4.69, 9.17) is 5.73 Å². The second-order valence-corrected chi connectivity index (χ2v) is 8.38. The number of piperidine rings is 1. The summed E-state index contributed by atoms with van der Waals surface area (Å²) in [4.78, 5) is 7.00. The number of rotatable bonds is 7. The summed E-state index contributed by atoms with van der Waals surface area (Å²) in [6.45, 7) is 4.61. The summed E-state index contributed by atoms with van der Waals surface area (Å²) in [7, 11) is 0. The normalized spacial score (nSPS) is 23.1. The summed E-state index contributed by atoms with van der Waals surface area (Å²) < 4.78 is 0. The summed E-state index contributed by atoms with van der Waals surface area (Å²) >= 11 is 0. The number of pyridine rings is 1. The average molecular weight is 385 g/mol. The van der Waals surface area contributed by atoms with E-state index in [1.165, 1.54) is 24.2 Å². The maximum atomic E-state index is 5.79. The third-order valence-corrected chi connectivity index (χ3v) is 6.33. The van der Waals surface area contributed by atoms with Crippen LogP contribution in [0.2, 0.25) is 0 Å². The van der Waals surface area contributed by atoms with Crippen LogP contribution in [0, 0.1) is 11.8 Å². The molecule has 4 nitrogen and oxygen atoms in total. The van der Waals surface area contributed by atoms with Crippen LogP contribution in [-0.4, -0.2) is 35.6 Å². The first-order chi connectivity index (χ1) is 14.3. The highest BCUT2D eigenvalue weighted by atomic mass is 15.2. The predicted molar refractivity (Wildman–Crippen MR) is 118 cm³/mol. The number of nitrogens with two attached hydrogens (primary N) is 1. The van der Waals surface area contributed by atoms with E-state index >= 15 is 0 Å². The van der Waals surface area contributed by atoms with E-state index in [9.17, 15) is 0 Å². The molecule has 0 bridgehead atoms. The molecule has 1 saturated heterocycles. The van der Waals surface area contributed by atoms with Gasteiger partial charge in [0.05, 0.1) is 5.69 Å². The lowest BCUT2D eigenvalue weighted by Gasteiger charge is -2.20. The second kappa shape index (κ2) is 7.97. The number of benzene rings is 2. The zero-order valence-corrected chi connectivity index (χ0v) is 16.7. The van der Waals surface area contributed by atoms with Crippen LogP contribution in [0.5, 0.6) is 0 Å². The quantitative estimate of drug-likeness (QED) is 0.654. The first-order valence-corrected chi connectivity index (χ1v) is 10.6. The van der Waals surface area contributed by atoms with E-state index in [1.54, 1.807) is 0 Å². The van der Waals surface area contributed by atoms with Crippen molar-refractivity contribution in [1.29, 1.82) is 0 Å². The van der Waals surface area contributed by atoms with E-state index in [-0.39, 0.29) is 0 Å². The lowest BCUT2D eigenvalue weighted by Crippen LogP contribution is -2.31. The molecule has 1 aliphatic carbocycles. The number of nitrogens with one attached hydrogen (secondary N) is 1. The Bertz CT molecular complexity index is 942. The summed E-state index contributed by atoms with van der Waals surface area (Å²) in [6.07, 6.45) is 1.06. The van der Waals surface area contributed by atoms with E-state index in [0.29, 0.717) is 5.82 Å². The largest absolute Gasteiger partial charge is 0.384 e. The Balaban J connectivity index is 1.06. The van der Waals surface area contributed by atoms with Crippen molar-refractivity contribution >= 4 is 5.82 Å². The maximum Gasteiger partial charge on any atom is 0.124 e. The van der Waals surface area contributed by atoms with Crippen LogP contribution in [-0.2, 0) is 13.0 Å². The Kier molecular flexibility index (Phi) is 5.04. The van der Waals surface area contributed by atoms with Crippen molar-refractivity contribution in [3.05, 3.63) is 83.9 Å². The summed E-state index contributed by atoms with van der Waals surface area (Å²) in [5.74, 6) is 2.25. The summed E-state index contributed by atoms with van der Waals surface area (Å²) in [6, 6.07) is 26.0. The van der Waals surface area contributed by atoms with Gasteiger partial charge in [0.25, 0.3) is 0 Å². The van der Waals surface area contributed by atoms with Gasteiger partial charge in [0, 0.05) is 31.2 Å². The highest BCUT2D eigenvalue weighted by Crippen LogP contribution is 2.45. The van der Waals surface area contributed by atoms with Crippen molar-refractivity contribution in [3.8, 4) is 11.3 Å². The first-order valence-electron chi connectivity index (χ1n) is 10.6. The van der Waals surface area contributed by atoms with Gasteiger partial charge >= 0.3 is 0 Å². The van der Waals surface area contributed by atoms with E-state index in [2.05, 4.69) is 69.8 Å². The fourth-order valence-corrected chi connectivity index (χ4v) is 4.72. The lowest BCUT2D eigenvalue weighted by atomic mass is 10.1. The minimum absolute atomic E-state index is 0.563. The minimum Gasteiger partial charge on any atom is -0.384 e. The van der Waals surface area contributed by atoms with Crippen molar-refractivity contribution in [2.45, 2.75) is 19.0 Å². The fourth-order valence-electron chi connectivity index (χ4n) is 4.72. The van der Waals surface area contributed by atoms with Crippen LogP contribution in [0.3, 0.4) is 0 Å². The van der Waals surface area contributed by atoms with Crippen LogP contribution in [0.15, 0.2) is 72.8 Å². The Hall–Kier alpha value is -2.69. The molecule has 29 heavy (non-hydrogen) atoms. The van der Waals surface area contributed by atoms with Gasteiger partial charge in [0.2, 0.25) is 0 Å². The van der Waals surface area contributed by atoms with E-state index in [1.807, 2.05) is 18.2 Å². The maximum absolute atomic E-state index is 5.79. The monoisotopic (exact) mass is 384 g/mol. The third-order valence-electron chi connectivity index (χ3n) is 6.33. The number of hydrogen-bond donors (Lipinski definition) is 2. The van der Waals surface area contributed by atoms with Gasteiger partial charge in [-0.2, -0.15) is 0 Å². The summed E-state index contributed by atoms with van der Waals surface area (Å²) in [5.41, 5.74) is 10.6. The van der Waals surface area contributed by atoms with Gasteiger partial charge in [0.15, 0.2) is 0 Å². The summed E-state index contributed by atoms with van der Waals surface area (Å²) in [5, 5.41) is 3.79. The molecule has 0 amide bonds. The van der Waals surface area contributed by atoms with Gasteiger partial charge in [-0.1, -0.05) is 60.7 Å². The molecule has 148 valence electrons. The molecule has 2 aliphatic rings. The number of hydrogen-bond acceptors (Lipinski definition) is 4. The Morgan fingerprint density at radius 2 is 1.62 bits per heavy atom. The van der Waals surface area contributed by atoms with Crippen molar-refractivity contribution < 1.29 is 0 Å². The number of likely N-dealkylation sites (tertiary alicyclic amines) is 1. The molecule has 1 aromatic heterocycles. The van der Waals surface area contributed by atoms with Crippen molar-refractivity contribution in [1.82, 2.24) is 15.2 Å². The topological polar surface area (TPSA) is 54.2 Å². The van der Waals surface area contributed by atoms with Gasteiger partial charge in [0.1, 0.15) is 5.82 Å². The highest BCUT2D eigenvalue weighted by molar-refractivity contribution is 5.61. The SMILES string of the molecule is Nc1cccc(-c2ccc(CCNC3C4CN(Cc5ccccc5)CC43)cc2)n1. The van der Waals surface area contributed by atoms with Crippen molar-refractivity contribution in [2.24, 2.45) is 11.8 Å². The number of nitrogens with zero attached hydrogens (tertiary/aromatic N) is 2. The van der Waals surface area contributed by atoms with Crippen LogP contribution in [0.25, 0.3) is 11.3 Å². The lowest BCUT2D eigenvalue weighted by molar-refractivity contribution is 0.282. The standard InChI is InChI=1S/C25H28N4/c26-24-8-4-7-23(28-24)20-11-9-18(10-12-20)13-14-27-25-21-16-29(17-22(21)25)15-19-5-2-1-3-6-19/h1-12,21-22,25,27H,13-17H2,(H2,26,28). The number of nitrogen functional groups attached to an aromatic ring is 1. The molecule has 3 aromatic rings. The van der Waals surface area contributed by atoms with Crippen LogP contribution in [0.4, 0.5) is 5.82 Å². The van der Waals surface area contributed by atoms with E-state index < -0.39 is 0 Å². The number of fused-ring (bicyclic) bond motifs is 1. The molecule has 0 radical (unpaired) electrons. The first kappa shape index (κ1) is 18.3. The predicted octanol–water partition coefficient (Wildman–Crippen LogP) is 3.59. The molecule has 2 fully saturated rings. The molecule has 2 aromatic carbocycles. The molecule has 2 atom stereocenters. The highest BCUT2D eigenvalue weighted by Gasteiger charge is 2.54. The van der Waals surface area contributed by atoms with Crippen molar-refractivity contribution in [2.75, 3.05) is 25.4 Å². The van der Waals surface area contributed by atoms with Gasteiger partial charge in [-0.05, 0) is 48.1 Å². The fraction of sp³-hybridized carbons (Fsp3) is 0.320. The van der Waals surface area contributed by atoms with Crippen molar-refractivity contribution in [3.63, 3.8) is 0 Å². The van der Waals surface area contributed by atoms with Crippen LogP contribution >= 0.6 is 0 Å². The van der Waals surface area contributed by atoms with Gasteiger partial charge in [-0.15, -0.1) is 0 Å². The zero-order valence-electron chi connectivity index (χ0n) is 16.7. The van der Waals surface area contributed by atoms with E-state index in [0.717, 1.165) is 48.6 Å². The molecule has 2 unspecified atom stereocenters. The van der Waals surface area contributed by atoms with Gasteiger partial charge in [-0.25, -0.2) is 4.98 Å². The Labute approximate surface area is 172 Å². The molecule has 4 heteroatoms. The van der Waals surface area contributed by atoms with Gasteiger partial charge < -0.3 is 11.1 Å². The zero-order chi connectivity index (χ0) is 19.6. The van der Waals surface area contributed by atoms with Crippen LogP contribution < -0.4 is 11.1 Å². The average Bonchev–Trinajstić information content (AvgIpc) is 3.20. The molecule has 1 aliphatic heterocycles.